The highest BCUT2D eigenvalue weighted by atomic mass is 16.5. The molecule has 0 saturated heterocycles. The lowest BCUT2D eigenvalue weighted by atomic mass is 9.82. The molecule has 2 unspecified atom stereocenters. The predicted molar refractivity (Wildman–Crippen MR) is 70.5 cm³/mol. The van der Waals surface area contributed by atoms with Crippen molar-refractivity contribution in [2.45, 2.75) is 31.3 Å². The highest BCUT2D eigenvalue weighted by Crippen LogP contribution is 2.51. The minimum absolute atomic E-state index is 0.0489. The molecule has 1 aromatic rings. The van der Waals surface area contributed by atoms with Crippen molar-refractivity contribution in [2.24, 2.45) is 22.6 Å². The van der Waals surface area contributed by atoms with Crippen LogP contribution in [0.25, 0.3) is 0 Å². The number of aliphatic imine (C=N–C) groups is 1. The zero-order valence-corrected chi connectivity index (χ0v) is 10.6. The largest absolute Gasteiger partial charge is 0.448 e. The molecule has 0 radical (unpaired) electrons. The molecule has 2 atom stereocenters. The zero-order chi connectivity index (χ0) is 13.0. The summed E-state index contributed by atoms with van der Waals surface area (Å²) < 4.78 is 5.78. The number of amides is 1. The number of amidine groups is 1. The maximum Gasteiger partial charge on any atom is 0.295 e. The lowest BCUT2D eigenvalue weighted by Crippen LogP contribution is -2.47. The van der Waals surface area contributed by atoms with E-state index in [1.165, 1.54) is 11.1 Å². The van der Waals surface area contributed by atoms with Gasteiger partial charge >= 0.3 is 0 Å². The average molecular weight is 256 g/mol. The van der Waals surface area contributed by atoms with E-state index in [-0.39, 0.29) is 23.8 Å². The summed E-state index contributed by atoms with van der Waals surface area (Å²) in [5.74, 6) is 0.252. The van der Waals surface area contributed by atoms with Crippen LogP contribution in [0.3, 0.4) is 0 Å². The van der Waals surface area contributed by atoms with Gasteiger partial charge in [0, 0.05) is 11.8 Å². The van der Waals surface area contributed by atoms with Crippen LogP contribution in [0, 0.1) is 11.8 Å². The summed E-state index contributed by atoms with van der Waals surface area (Å²) in [7, 11) is 0. The smallest absolute Gasteiger partial charge is 0.295 e. The molecule has 1 fully saturated rings. The SMILES string of the molecule is NC1=NC(=O)C2(O1)C1CCC2Cc2ccccc2C1. The fourth-order valence-corrected chi connectivity index (χ4v) is 4.10. The molecule has 2 bridgehead atoms. The summed E-state index contributed by atoms with van der Waals surface area (Å²) in [5.41, 5.74) is 7.56. The van der Waals surface area contributed by atoms with Gasteiger partial charge in [-0.25, -0.2) is 0 Å². The second-order valence-electron chi connectivity index (χ2n) is 5.80. The molecule has 19 heavy (non-hydrogen) atoms. The number of carbonyl (C=O) groups is 1. The molecule has 2 aliphatic carbocycles. The van der Waals surface area contributed by atoms with Crippen molar-refractivity contribution in [1.82, 2.24) is 0 Å². The van der Waals surface area contributed by atoms with Gasteiger partial charge in [-0.2, -0.15) is 4.99 Å². The molecule has 0 aromatic heterocycles. The van der Waals surface area contributed by atoms with Crippen LogP contribution in [-0.2, 0) is 22.4 Å². The average Bonchev–Trinajstić information content (AvgIpc) is 2.79. The molecule has 1 spiro atoms. The quantitative estimate of drug-likeness (QED) is 0.763. The Morgan fingerprint density at radius 2 is 1.74 bits per heavy atom. The highest BCUT2D eigenvalue weighted by Gasteiger charge is 2.61. The van der Waals surface area contributed by atoms with Gasteiger partial charge < -0.3 is 10.5 Å². The van der Waals surface area contributed by atoms with Crippen LogP contribution in [0.1, 0.15) is 24.0 Å². The Bertz CT molecular complexity index is 561. The summed E-state index contributed by atoms with van der Waals surface area (Å²) in [6.45, 7) is 0. The number of nitrogens with two attached hydrogens (primary N) is 1. The standard InChI is InChI=1S/C15H16N2O2/c16-14-17-13(18)15(19-14)11-5-6-12(15)8-10-4-2-1-3-9(10)7-11/h1-4,11-12H,5-8H2,(H2,16,17,18). The summed E-state index contributed by atoms with van der Waals surface area (Å²) in [6, 6.07) is 8.49. The second-order valence-corrected chi connectivity index (χ2v) is 5.80. The molecule has 4 heteroatoms. The van der Waals surface area contributed by atoms with Gasteiger partial charge in [0.15, 0.2) is 5.60 Å². The molecule has 4 nitrogen and oxygen atoms in total. The molecule has 2 N–H and O–H groups in total. The normalized spacial score (nSPS) is 35.8. The minimum atomic E-state index is -0.775. The maximum absolute atomic E-state index is 12.3. The molecule has 1 heterocycles. The van der Waals surface area contributed by atoms with E-state index < -0.39 is 5.60 Å². The molecule has 4 rings (SSSR count). The number of carbonyl (C=O) groups excluding carboxylic acids is 1. The van der Waals surface area contributed by atoms with E-state index >= 15 is 0 Å². The number of fused-ring (bicyclic) bond motifs is 1. The van der Waals surface area contributed by atoms with Crippen LogP contribution in [-0.4, -0.2) is 17.5 Å². The van der Waals surface area contributed by atoms with Gasteiger partial charge in [0.2, 0.25) is 0 Å². The predicted octanol–water partition coefficient (Wildman–Crippen LogP) is 1.42. The fraction of sp³-hybridized carbons (Fsp3) is 0.467. The van der Waals surface area contributed by atoms with Gasteiger partial charge in [0.1, 0.15) is 0 Å². The lowest BCUT2D eigenvalue weighted by molar-refractivity contribution is -0.137. The van der Waals surface area contributed by atoms with E-state index in [1.807, 2.05) is 0 Å². The zero-order valence-electron chi connectivity index (χ0n) is 10.6. The molecular formula is C15H16N2O2. The van der Waals surface area contributed by atoms with E-state index in [1.54, 1.807) is 0 Å². The minimum Gasteiger partial charge on any atom is -0.448 e. The molecule has 1 saturated carbocycles. The van der Waals surface area contributed by atoms with Crippen molar-refractivity contribution in [1.29, 1.82) is 0 Å². The number of hydrogen-bond donors (Lipinski definition) is 1. The lowest BCUT2D eigenvalue weighted by Gasteiger charge is -2.31. The first-order valence-electron chi connectivity index (χ1n) is 6.84. The first kappa shape index (κ1) is 11.0. The Hall–Kier alpha value is -1.84. The van der Waals surface area contributed by atoms with Crippen molar-refractivity contribution in [3.8, 4) is 0 Å². The highest BCUT2D eigenvalue weighted by molar-refractivity contribution is 6.01. The van der Waals surface area contributed by atoms with E-state index in [0.717, 1.165) is 25.7 Å². The van der Waals surface area contributed by atoms with Crippen LogP contribution >= 0.6 is 0 Å². The molecule has 1 aromatic carbocycles. The van der Waals surface area contributed by atoms with Gasteiger partial charge in [-0.15, -0.1) is 0 Å². The monoisotopic (exact) mass is 256 g/mol. The van der Waals surface area contributed by atoms with Crippen molar-refractivity contribution in [3.63, 3.8) is 0 Å². The van der Waals surface area contributed by atoms with Crippen molar-refractivity contribution in [2.75, 3.05) is 0 Å². The summed E-state index contributed by atoms with van der Waals surface area (Å²) in [4.78, 5) is 16.2. The Morgan fingerprint density at radius 1 is 1.16 bits per heavy atom. The Balaban J connectivity index is 1.81. The van der Waals surface area contributed by atoms with Gasteiger partial charge in [0.05, 0.1) is 0 Å². The summed E-state index contributed by atoms with van der Waals surface area (Å²) in [5, 5.41) is 0. The fourth-order valence-electron chi connectivity index (χ4n) is 4.10. The van der Waals surface area contributed by atoms with Crippen LogP contribution in [0.15, 0.2) is 29.3 Å². The Morgan fingerprint density at radius 3 is 2.21 bits per heavy atom. The number of ether oxygens (including phenoxy) is 1. The molecular weight excluding hydrogens is 240 g/mol. The van der Waals surface area contributed by atoms with Crippen molar-refractivity contribution >= 4 is 11.9 Å². The third-order valence-electron chi connectivity index (χ3n) is 4.95. The van der Waals surface area contributed by atoms with Crippen LogP contribution in [0.5, 0.6) is 0 Å². The number of hydrogen-bond acceptors (Lipinski definition) is 3. The third kappa shape index (κ3) is 1.34. The number of rotatable bonds is 0. The van der Waals surface area contributed by atoms with E-state index in [2.05, 4.69) is 29.3 Å². The third-order valence-corrected chi connectivity index (χ3v) is 4.95. The van der Waals surface area contributed by atoms with Crippen molar-refractivity contribution in [3.05, 3.63) is 35.4 Å². The van der Waals surface area contributed by atoms with Crippen molar-refractivity contribution < 1.29 is 9.53 Å². The van der Waals surface area contributed by atoms with E-state index in [4.69, 9.17) is 10.5 Å². The molecule has 1 amide bonds. The van der Waals surface area contributed by atoms with E-state index in [0.29, 0.717) is 0 Å². The van der Waals surface area contributed by atoms with Gasteiger partial charge in [-0.1, -0.05) is 24.3 Å². The van der Waals surface area contributed by atoms with Gasteiger partial charge in [-0.05, 0) is 36.8 Å². The Labute approximate surface area is 111 Å². The first-order chi connectivity index (χ1) is 9.20. The molecule has 3 aliphatic rings. The number of benzene rings is 1. The Kier molecular flexibility index (Phi) is 2.08. The summed E-state index contributed by atoms with van der Waals surface area (Å²) >= 11 is 0. The topological polar surface area (TPSA) is 64.7 Å². The molecule has 98 valence electrons. The number of nitrogens with zero attached hydrogens (tertiary/aromatic N) is 1. The molecule has 1 aliphatic heterocycles. The maximum atomic E-state index is 12.3. The second kappa shape index (κ2) is 3.59. The van der Waals surface area contributed by atoms with Crippen LogP contribution < -0.4 is 5.73 Å². The van der Waals surface area contributed by atoms with Crippen LogP contribution in [0.2, 0.25) is 0 Å². The van der Waals surface area contributed by atoms with Gasteiger partial charge in [-0.3, -0.25) is 4.79 Å². The first-order valence-corrected chi connectivity index (χ1v) is 6.84. The van der Waals surface area contributed by atoms with Crippen LogP contribution in [0.4, 0.5) is 0 Å². The van der Waals surface area contributed by atoms with E-state index in [9.17, 15) is 4.79 Å². The van der Waals surface area contributed by atoms with Gasteiger partial charge in [0.25, 0.3) is 11.9 Å². The summed E-state index contributed by atoms with van der Waals surface area (Å²) in [6.07, 6.45) is 3.82.